The van der Waals surface area contributed by atoms with Crippen LogP contribution in [0.3, 0.4) is 0 Å². The molecule has 1 fully saturated rings. The summed E-state index contributed by atoms with van der Waals surface area (Å²) < 4.78 is 27.8. The Morgan fingerprint density at radius 2 is 2.30 bits per heavy atom. The standard InChI is InChI=1S/C12H16ClNO4S2/c1-8-6-9(4-5-18-8)14-11(15)7-10-2-3-12(19-10)20(13,16)17/h2-3,8-9H,4-7H2,1H3,(H,14,15). The first-order valence-electron chi connectivity index (χ1n) is 6.29. The Bertz CT molecular complexity index is 584. The predicted octanol–water partition coefficient (Wildman–Crippen LogP) is 1.90. The van der Waals surface area contributed by atoms with Gasteiger partial charge in [-0.25, -0.2) is 8.42 Å². The number of halogens is 1. The van der Waals surface area contributed by atoms with Gasteiger partial charge < -0.3 is 10.1 Å². The highest BCUT2D eigenvalue weighted by Crippen LogP contribution is 2.25. The van der Waals surface area contributed by atoms with Crippen molar-refractivity contribution in [3.8, 4) is 0 Å². The molecule has 0 aliphatic carbocycles. The summed E-state index contributed by atoms with van der Waals surface area (Å²) >= 11 is 1.03. The van der Waals surface area contributed by atoms with Gasteiger partial charge in [-0.2, -0.15) is 0 Å². The fraction of sp³-hybridized carbons (Fsp3) is 0.583. The Labute approximate surface area is 126 Å². The Balaban J connectivity index is 1.90. The van der Waals surface area contributed by atoms with E-state index in [0.29, 0.717) is 11.5 Å². The van der Waals surface area contributed by atoms with E-state index in [1.807, 2.05) is 6.92 Å². The highest BCUT2D eigenvalue weighted by Gasteiger charge is 2.21. The Kier molecular flexibility index (Phi) is 5.06. The first-order chi connectivity index (χ1) is 9.34. The molecule has 2 unspecified atom stereocenters. The van der Waals surface area contributed by atoms with E-state index in [-0.39, 0.29) is 28.7 Å². The van der Waals surface area contributed by atoms with Crippen molar-refractivity contribution in [1.29, 1.82) is 0 Å². The van der Waals surface area contributed by atoms with Crippen LogP contribution in [0, 0.1) is 0 Å². The van der Waals surface area contributed by atoms with Gasteiger partial charge in [0.25, 0.3) is 9.05 Å². The molecule has 1 saturated heterocycles. The maximum absolute atomic E-state index is 11.9. The van der Waals surface area contributed by atoms with Gasteiger partial charge in [-0.05, 0) is 31.9 Å². The molecule has 2 heterocycles. The van der Waals surface area contributed by atoms with Gasteiger partial charge in [0, 0.05) is 28.2 Å². The smallest absolute Gasteiger partial charge is 0.270 e. The molecule has 1 N–H and O–H groups in total. The molecule has 0 saturated carbocycles. The zero-order valence-electron chi connectivity index (χ0n) is 11.0. The van der Waals surface area contributed by atoms with E-state index in [9.17, 15) is 13.2 Å². The van der Waals surface area contributed by atoms with Gasteiger partial charge in [0.15, 0.2) is 0 Å². The largest absolute Gasteiger partial charge is 0.378 e. The summed E-state index contributed by atoms with van der Waals surface area (Å²) in [6.45, 7) is 2.63. The summed E-state index contributed by atoms with van der Waals surface area (Å²) in [6, 6.07) is 3.17. The Morgan fingerprint density at radius 3 is 2.90 bits per heavy atom. The number of nitrogens with one attached hydrogen (secondary N) is 1. The quantitative estimate of drug-likeness (QED) is 0.852. The van der Waals surface area contributed by atoms with Crippen molar-refractivity contribution >= 4 is 37.0 Å². The molecule has 2 rings (SSSR count). The maximum Gasteiger partial charge on any atom is 0.270 e. The van der Waals surface area contributed by atoms with Crippen LogP contribution in [0.5, 0.6) is 0 Å². The Morgan fingerprint density at radius 1 is 1.55 bits per heavy atom. The molecule has 1 amide bonds. The number of carbonyl (C=O) groups excluding carboxylic acids is 1. The highest BCUT2D eigenvalue weighted by atomic mass is 35.7. The molecule has 20 heavy (non-hydrogen) atoms. The first-order valence-corrected chi connectivity index (χ1v) is 9.41. The van der Waals surface area contributed by atoms with Crippen molar-refractivity contribution in [1.82, 2.24) is 5.32 Å². The van der Waals surface area contributed by atoms with E-state index < -0.39 is 9.05 Å². The van der Waals surface area contributed by atoms with E-state index in [4.69, 9.17) is 15.4 Å². The third-order valence-electron chi connectivity index (χ3n) is 3.06. The fourth-order valence-electron chi connectivity index (χ4n) is 2.15. The minimum Gasteiger partial charge on any atom is -0.378 e. The monoisotopic (exact) mass is 337 g/mol. The number of hydrogen-bond acceptors (Lipinski definition) is 5. The molecule has 1 aliphatic heterocycles. The number of thiophene rings is 1. The minimum atomic E-state index is -3.71. The number of amides is 1. The van der Waals surface area contributed by atoms with Gasteiger partial charge in [0.2, 0.25) is 5.91 Å². The van der Waals surface area contributed by atoms with Crippen molar-refractivity contribution in [2.75, 3.05) is 6.61 Å². The molecule has 1 aliphatic rings. The van der Waals surface area contributed by atoms with Crippen LogP contribution < -0.4 is 5.32 Å². The van der Waals surface area contributed by atoms with Crippen LogP contribution in [-0.2, 0) is 25.0 Å². The molecule has 0 bridgehead atoms. The van der Waals surface area contributed by atoms with Gasteiger partial charge in [-0.15, -0.1) is 11.3 Å². The molecule has 1 aromatic heterocycles. The van der Waals surface area contributed by atoms with Gasteiger partial charge in [0.1, 0.15) is 4.21 Å². The van der Waals surface area contributed by atoms with Crippen molar-refractivity contribution in [3.63, 3.8) is 0 Å². The van der Waals surface area contributed by atoms with E-state index in [0.717, 1.165) is 24.2 Å². The van der Waals surface area contributed by atoms with Crippen LogP contribution in [-0.4, -0.2) is 33.1 Å². The lowest BCUT2D eigenvalue weighted by Crippen LogP contribution is -2.41. The highest BCUT2D eigenvalue weighted by molar-refractivity contribution is 8.15. The van der Waals surface area contributed by atoms with Gasteiger partial charge in [-0.3, -0.25) is 4.79 Å². The molecule has 1 aromatic rings. The molecular formula is C12H16ClNO4S2. The van der Waals surface area contributed by atoms with Gasteiger partial charge in [-0.1, -0.05) is 0 Å². The number of carbonyl (C=O) groups is 1. The lowest BCUT2D eigenvalue weighted by Gasteiger charge is -2.27. The summed E-state index contributed by atoms with van der Waals surface area (Å²) in [5.41, 5.74) is 0. The zero-order valence-corrected chi connectivity index (χ0v) is 13.4. The second-order valence-corrected chi connectivity index (χ2v) is 8.77. The predicted molar refractivity (Wildman–Crippen MR) is 77.6 cm³/mol. The summed E-state index contributed by atoms with van der Waals surface area (Å²) in [6.07, 6.45) is 1.94. The van der Waals surface area contributed by atoms with Crippen molar-refractivity contribution in [3.05, 3.63) is 17.0 Å². The molecule has 0 radical (unpaired) electrons. The minimum absolute atomic E-state index is 0.0710. The third-order valence-corrected chi connectivity index (χ3v) is 6.24. The summed E-state index contributed by atoms with van der Waals surface area (Å²) in [7, 11) is 1.54. The second-order valence-electron chi connectivity index (χ2n) is 4.81. The molecule has 2 atom stereocenters. The van der Waals surface area contributed by atoms with E-state index in [1.165, 1.54) is 6.07 Å². The Hall–Kier alpha value is -0.630. The first kappa shape index (κ1) is 15.8. The van der Waals surface area contributed by atoms with Crippen LogP contribution >= 0.6 is 22.0 Å². The molecule has 0 aromatic carbocycles. The molecular weight excluding hydrogens is 322 g/mol. The molecule has 8 heteroatoms. The SMILES string of the molecule is CC1CC(NC(=O)Cc2ccc(S(=O)(=O)Cl)s2)CCO1. The van der Waals surface area contributed by atoms with E-state index in [2.05, 4.69) is 5.32 Å². The van der Waals surface area contributed by atoms with Crippen LogP contribution in [0.4, 0.5) is 0 Å². The van der Waals surface area contributed by atoms with Crippen LogP contribution in [0.1, 0.15) is 24.6 Å². The zero-order chi connectivity index (χ0) is 14.8. The van der Waals surface area contributed by atoms with Gasteiger partial charge >= 0.3 is 0 Å². The van der Waals surface area contributed by atoms with E-state index >= 15 is 0 Å². The van der Waals surface area contributed by atoms with Gasteiger partial charge in [0.05, 0.1) is 12.5 Å². The van der Waals surface area contributed by atoms with Crippen molar-refractivity contribution in [2.45, 2.75) is 42.5 Å². The molecule has 112 valence electrons. The molecule has 5 nitrogen and oxygen atoms in total. The van der Waals surface area contributed by atoms with Crippen molar-refractivity contribution < 1.29 is 17.9 Å². The van der Waals surface area contributed by atoms with Crippen LogP contribution in [0.2, 0.25) is 0 Å². The molecule has 0 spiro atoms. The average Bonchev–Trinajstić information content (AvgIpc) is 2.76. The summed E-state index contributed by atoms with van der Waals surface area (Å²) in [5, 5.41) is 2.95. The average molecular weight is 338 g/mol. The second kappa shape index (κ2) is 6.43. The number of hydrogen-bond donors (Lipinski definition) is 1. The number of rotatable bonds is 4. The lowest BCUT2D eigenvalue weighted by molar-refractivity contribution is -0.122. The third kappa shape index (κ3) is 4.44. The van der Waals surface area contributed by atoms with E-state index in [1.54, 1.807) is 6.07 Å². The van der Waals surface area contributed by atoms with Crippen molar-refractivity contribution in [2.24, 2.45) is 0 Å². The maximum atomic E-state index is 11.9. The summed E-state index contributed by atoms with van der Waals surface area (Å²) in [5.74, 6) is -0.107. The van der Waals surface area contributed by atoms with Crippen LogP contribution in [0.25, 0.3) is 0 Å². The summed E-state index contributed by atoms with van der Waals surface area (Å²) in [4.78, 5) is 12.6. The normalized spacial score (nSPS) is 23.5. The topological polar surface area (TPSA) is 72.5 Å². The van der Waals surface area contributed by atoms with Crippen LogP contribution in [0.15, 0.2) is 16.3 Å². The number of ether oxygens (including phenoxy) is 1. The fourth-order valence-corrected chi connectivity index (χ4v) is 4.27. The lowest BCUT2D eigenvalue weighted by atomic mass is 10.0.